The molecule has 0 spiro atoms. The Bertz CT molecular complexity index is 825. The summed E-state index contributed by atoms with van der Waals surface area (Å²) >= 11 is 9.16. The van der Waals surface area contributed by atoms with Gasteiger partial charge in [-0.3, -0.25) is 0 Å². The van der Waals surface area contributed by atoms with Crippen molar-refractivity contribution < 1.29 is 10.2 Å². The van der Waals surface area contributed by atoms with Crippen molar-refractivity contribution in [2.45, 2.75) is 22.1 Å². The van der Waals surface area contributed by atoms with Crippen LogP contribution in [0, 0.1) is 0 Å². The Morgan fingerprint density at radius 3 is 1.58 bits per heavy atom. The van der Waals surface area contributed by atoms with E-state index in [1.807, 2.05) is 30.3 Å². The molecule has 0 aliphatic rings. The fourth-order valence-corrected chi connectivity index (χ4v) is 3.97. The van der Waals surface area contributed by atoms with Crippen molar-refractivity contribution in [1.29, 1.82) is 0 Å². The molecule has 24 heavy (non-hydrogen) atoms. The SMILES string of the molecule is CC(c1ccccc1)(c1ccc(O)cc1S)c1ccc(O)cc1S. The van der Waals surface area contributed by atoms with Crippen molar-refractivity contribution >= 4 is 25.3 Å². The van der Waals surface area contributed by atoms with Crippen molar-refractivity contribution in [2.24, 2.45) is 0 Å². The minimum Gasteiger partial charge on any atom is -0.508 e. The van der Waals surface area contributed by atoms with Gasteiger partial charge in [-0.05, 0) is 47.9 Å². The summed E-state index contributed by atoms with van der Waals surface area (Å²) < 4.78 is 0. The zero-order valence-electron chi connectivity index (χ0n) is 13.1. The lowest BCUT2D eigenvalue weighted by Gasteiger charge is -2.34. The second-order valence-corrected chi connectivity index (χ2v) is 6.86. The van der Waals surface area contributed by atoms with Crippen LogP contribution in [0.3, 0.4) is 0 Å². The molecule has 0 saturated carbocycles. The summed E-state index contributed by atoms with van der Waals surface area (Å²) in [7, 11) is 0. The molecule has 3 aromatic rings. The monoisotopic (exact) mass is 354 g/mol. The highest BCUT2D eigenvalue weighted by Gasteiger charge is 2.34. The van der Waals surface area contributed by atoms with Gasteiger partial charge in [-0.1, -0.05) is 42.5 Å². The van der Waals surface area contributed by atoms with Crippen LogP contribution in [0.4, 0.5) is 0 Å². The molecule has 0 aromatic heterocycles. The van der Waals surface area contributed by atoms with Crippen molar-refractivity contribution in [3.8, 4) is 11.5 Å². The van der Waals surface area contributed by atoms with Gasteiger partial charge in [-0.25, -0.2) is 0 Å². The van der Waals surface area contributed by atoms with Crippen LogP contribution in [0.1, 0.15) is 23.6 Å². The fourth-order valence-electron chi connectivity index (χ4n) is 3.11. The lowest BCUT2D eigenvalue weighted by atomic mass is 9.71. The Hall–Kier alpha value is -2.04. The summed E-state index contributed by atoms with van der Waals surface area (Å²) in [5.74, 6) is 0.354. The summed E-state index contributed by atoms with van der Waals surface area (Å²) in [5, 5.41) is 19.5. The molecular formula is C20H18O2S2. The first-order chi connectivity index (χ1) is 11.4. The van der Waals surface area contributed by atoms with E-state index in [4.69, 9.17) is 0 Å². The van der Waals surface area contributed by atoms with Gasteiger partial charge in [0, 0.05) is 15.2 Å². The second kappa shape index (κ2) is 6.46. The van der Waals surface area contributed by atoms with Gasteiger partial charge in [0.05, 0.1) is 0 Å². The molecule has 0 aliphatic carbocycles. The van der Waals surface area contributed by atoms with E-state index in [1.165, 1.54) is 0 Å². The van der Waals surface area contributed by atoms with Crippen molar-refractivity contribution in [2.75, 3.05) is 0 Å². The van der Waals surface area contributed by atoms with Crippen molar-refractivity contribution in [1.82, 2.24) is 0 Å². The maximum atomic E-state index is 9.74. The highest BCUT2D eigenvalue weighted by atomic mass is 32.1. The molecule has 122 valence electrons. The number of hydrogen-bond acceptors (Lipinski definition) is 4. The van der Waals surface area contributed by atoms with E-state index in [0.717, 1.165) is 16.7 Å². The van der Waals surface area contributed by atoms with Gasteiger partial charge in [-0.15, -0.1) is 25.3 Å². The molecule has 0 fully saturated rings. The second-order valence-electron chi connectivity index (χ2n) is 5.89. The molecule has 3 aromatic carbocycles. The molecule has 0 bridgehead atoms. The van der Waals surface area contributed by atoms with E-state index in [0.29, 0.717) is 9.79 Å². The number of thiol groups is 2. The summed E-state index contributed by atoms with van der Waals surface area (Å²) in [6.07, 6.45) is 0. The number of benzene rings is 3. The van der Waals surface area contributed by atoms with Gasteiger partial charge >= 0.3 is 0 Å². The van der Waals surface area contributed by atoms with Crippen LogP contribution < -0.4 is 0 Å². The smallest absolute Gasteiger partial charge is 0.116 e. The largest absolute Gasteiger partial charge is 0.508 e. The first kappa shape index (κ1) is 16.8. The van der Waals surface area contributed by atoms with Gasteiger partial charge in [-0.2, -0.15) is 0 Å². The third kappa shape index (κ3) is 2.87. The maximum Gasteiger partial charge on any atom is 0.116 e. The minimum atomic E-state index is -0.531. The van der Waals surface area contributed by atoms with Gasteiger partial charge in [0.1, 0.15) is 11.5 Å². The van der Waals surface area contributed by atoms with Crippen molar-refractivity contribution in [3.63, 3.8) is 0 Å². The van der Waals surface area contributed by atoms with Crippen LogP contribution >= 0.6 is 25.3 Å². The van der Waals surface area contributed by atoms with Gasteiger partial charge in [0.15, 0.2) is 0 Å². The molecule has 0 saturated heterocycles. The molecule has 0 atom stereocenters. The van der Waals surface area contributed by atoms with E-state index in [2.05, 4.69) is 44.3 Å². The quantitative estimate of drug-likeness (QED) is 0.394. The summed E-state index contributed by atoms with van der Waals surface area (Å²) in [4.78, 5) is 1.39. The van der Waals surface area contributed by atoms with Crippen LogP contribution in [0.15, 0.2) is 76.5 Å². The normalized spacial score (nSPS) is 11.5. The molecule has 0 unspecified atom stereocenters. The number of phenols is 2. The number of hydrogen-bond donors (Lipinski definition) is 4. The van der Waals surface area contributed by atoms with Crippen LogP contribution in [0.5, 0.6) is 11.5 Å². The highest BCUT2D eigenvalue weighted by molar-refractivity contribution is 7.80. The number of phenolic OH excluding ortho intramolecular Hbond substituents is 2. The molecular weight excluding hydrogens is 336 g/mol. The highest BCUT2D eigenvalue weighted by Crippen LogP contribution is 2.44. The zero-order valence-corrected chi connectivity index (χ0v) is 14.9. The van der Waals surface area contributed by atoms with E-state index in [-0.39, 0.29) is 11.5 Å². The fraction of sp³-hybridized carbons (Fsp3) is 0.100. The Labute approximate surface area is 152 Å². The topological polar surface area (TPSA) is 40.5 Å². The molecule has 0 heterocycles. The predicted molar refractivity (Wildman–Crippen MR) is 103 cm³/mol. The predicted octanol–water partition coefficient (Wildman–Crippen LogP) is 5.03. The van der Waals surface area contributed by atoms with Gasteiger partial charge in [0.25, 0.3) is 0 Å². The lowest BCUT2D eigenvalue weighted by molar-refractivity contribution is 0.471. The molecule has 2 N–H and O–H groups in total. The Balaban J connectivity index is 2.33. The molecule has 0 amide bonds. The Morgan fingerprint density at radius 2 is 1.17 bits per heavy atom. The summed E-state index contributed by atoms with van der Waals surface area (Å²) in [5.41, 5.74) is 2.45. The van der Waals surface area contributed by atoms with Crippen LogP contribution in [-0.4, -0.2) is 10.2 Å². The maximum absolute atomic E-state index is 9.74. The van der Waals surface area contributed by atoms with Gasteiger partial charge < -0.3 is 10.2 Å². The van der Waals surface area contributed by atoms with Crippen LogP contribution in [0.2, 0.25) is 0 Å². The number of aromatic hydroxyl groups is 2. The van der Waals surface area contributed by atoms with E-state index in [1.54, 1.807) is 24.3 Å². The summed E-state index contributed by atoms with van der Waals surface area (Å²) in [6, 6.07) is 20.4. The molecule has 4 heteroatoms. The van der Waals surface area contributed by atoms with Crippen LogP contribution in [-0.2, 0) is 5.41 Å². The third-order valence-corrected chi connectivity index (χ3v) is 5.13. The Morgan fingerprint density at radius 1 is 0.708 bits per heavy atom. The number of rotatable bonds is 3. The molecule has 0 aliphatic heterocycles. The van der Waals surface area contributed by atoms with Crippen molar-refractivity contribution in [3.05, 3.63) is 83.4 Å². The minimum absolute atomic E-state index is 0.177. The molecule has 2 nitrogen and oxygen atoms in total. The average molecular weight is 354 g/mol. The molecule has 3 rings (SSSR count). The van der Waals surface area contributed by atoms with E-state index < -0.39 is 5.41 Å². The lowest BCUT2D eigenvalue weighted by Crippen LogP contribution is -2.26. The first-order valence-corrected chi connectivity index (χ1v) is 8.43. The average Bonchev–Trinajstić information content (AvgIpc) is 2.55. The Kier molecular flexibility index (Phi) is 4.52. The zero-order chi connectivity index (χ0) is 17.3. The molecule has 0 radical (unpaired) electrons. The van der Waals surface area contributed by atoms with Gasteiger partial charge in [0.2, 0.25) is 0 Å². The first-order valence-electron chi connectivity index (χ1n) is 7.53. The van der Waals surface area contributed by atoms with E-state index in [9.17, 15) is 10.2 Å². The summed E-state index contributed by atoms with van der Waals surface area (Å²) in [6.45, 7) is 2.10. The van der Waals surface area contributed by atoms with Crippen LogP contribution in [0.25, 0.3) is 0 Å². The van der Waals surface area contributed by atoms with E-state index >= 15 is 0 Å². The third-order valence-electron chi connectivity index (χ3n) is 4.39. The standard InChI is InChI=1S/C20H18O2S2/c1-20(13-5-3-2-4-6-13,16-9-7-14(21)11-18(16)23)17-10-8-15(22)12-19(17)24/h2-12,21-24H,1H3.